The minimum absolute atomic E-state index is 0.0470. The first-order chi connectivity index (χ1) is 32.0. The van der Waals surface area contributed by atoms with Gasteiger partial charge in [0.2, 0.25) is 0 Å². The molecule has 0 fully saturated rings. The number of nitrogens with zero attached hydrogens (tertiary/aromatic N) is 3. The summed E-state index contributed by atoms with van der Waals surface area (Å²) in [4.78, 5) is 15.9. The van der Waals surface area contributed by atoms with Crippen LogP contribution in [0.5, 0.6) is 0 Å². The van der Waals surface area contributed by atoms with Gasteiger partial charge in [0.05, 0.1) is 0 Å². The SMILES string of the molecule is CC1(C)c2ccccc2-c2c(-c3ccc(-c4ccc5oc6cccc(-c7nc(-c8cccc(-c9ccccc9)c8)nc(-c8cccc9c8sc8ccccc89)n7)c6c5c4)cc3)cccc21. The maximum Gasteiger partial charge on any atom is 0.165 e. The fourth-order valence-electron chi connectivity index (χ4n) is 10.2. The Balaban J connectivity index is 0.955. The van der Waals surface area contributed by atoms with Crippen LogP contribution >= 0.6 is 11.3 Å². The van der Waals surface area contributed by atoms with Crippen molar-refractivity contribution in [2.45, 2.75) is 19.3 Å². The molecule has 0 atom stereocenters. The first-order valence-electron chi connectivity index (χ1n) is 22.1. The zero-order valence-corrected chi connectivity index (χ0v) is 36.5. The van der Waals surface area contributed by atoms with E-state index in [1.807, 2.05) is 18.2 Å². The Hall–Kier alpha value is -7.99. The summed E-state index contributed by atoms with van der Waals surface area (Å²) in [6.45, 7) is 4.67. The first kappa shape index (κ1) is 37.6. The smallest absolute Gasteiger partial charge is 0.165 e. The van der Waals surface area contributed by atoms with Gasteiger partial charge in [-0.2, -0.15) is 0 Å². The van der Waals surface area contributed by atoms with Gasteiger partial charge in [-0.15, -0.1) is 11.3 Å². The predicted octanol–water partition coefficient (Wildman–Crippen LogP) is 16.4. The zero-order chi connectivity index (χ0) is 43.2. The summed E-state index contributed by atoms with van der Waals surface area (Å²) in [6.07, 6.45) is 0. The van der Waals surface area contributed by atoms with Gasteiger partial charge in [-0.05, 0) is 92.0 Å². The molecule has 0 spiro atoms. The van der Waals surface area contributed by atoms with E-state index in [0.717, 1.165) is 65.6 Å². The number of hydrogen-bond donors (Lipinski definition) is 0. The number of furan rings is 1. The minimum atomic E-state index is -0.0470. The van der Waals surface area contributed by atoms with Crippen LogP contribution in [0.3, 0.4) is 0 Å². The highest BCUT2D eigenvalue weighted by Crippen LogP contribution is 2.52. The highest BCUT2D eigenvalue weighted by Gasteiger charge is 2.36. The van der Waals surface area contributed by atoms with E-state index in [1.165, 1.54) is 48.9 Å². The second-order valence-corrected chi connectivity index (χ2v) is 18.6. The fraction of sp³-hybridized carbons (Fsp3) is 0.0500. The first-order valence-corrected chi connectivity index (χ1v) is 22.9. The Kier molecular flexibility index (Phi) is 8.39. The molecule has 0 saturated carbocycles. The molecule has 5 heteroatoms. The second-order valence-electron chi connectivity index (χ2n) is 17.5. The monoisotopic (exact) mass is 849 g/mol. The van der Waals surface area contributed by atoms with Crippen LogP contribution in [0, 0.1) is 0 Å². The number of thiophene rings is 1. The average Bonchev–Trinajstić information content (AvgIpc) is 4.01. The third-order valence-corrected chi connectivity index (χ3v) is 14.6. The lowest BCUT2D eigenvalue weighted by molar-refractivity contribution is 0.660. The van der Waals surface area contributed by atoms with Gasteiger partial charge >= 0.3 is 0 Å². The van der Waals surface area contributed by atoms with Crippen LogP contribution in [0.2, 0.25) is 0 Å². The second kappa shape index (κ2) is 14.5. The Bertz CT molecular complexity index is 3860. The van der Waals surface area contributed by atoms with E-state index in [0.29, 0.717) is 17.5 Å². The summed E-state index contributed by atoms with van der Waals surface area (Å²) in [5.41, 5.74) is 16.7. The molecule has 0 bridgehead atoms. The zero-order valence-electron chi connectivity index (χ0n) is 35.7. The molecule has 12 aromatic rings. The summed E-state index contributed by atoms with van der Waals surface area (Å²) >= 11 is 1.78. The molecule has 306 valence electrons. The van der Waals surface area contributed by atoms with Crippen molar-refractivity contribution in [3.8, 4) is 78.7 Å². The molecule has 3 heterocycles. The third-order valence-electron chi connectivity index (χ3n) is 13.4. The van der Waals surface area contributed by atoms with Gasteiger partial charge in [0.15, 0.2) is 17.5 Å². The molecular weight excluding hydrogens is 811 g/mol. The van der Waals surface area contributed by atoms with E-state index in [2.05, 4.69) is 196 Å². The van der Waals surface area contributed by atoms with Crippen LogP contribution in [0.15, 0.2) is 205 Å². The predicted molar refractivity (Wildman–Crippen MR) is 270 cm³/mol. The van der Waals surface area contributed by atoms with Gasteiger partial charge in [0.1, 0.15) is 11.2 Å². The van der Waals surface area contributed by atoms with Gasteiger partial charge in [-0.3, -0.25) is 0 Å². The van der Waals surface area contributed by atoms with Crippen LogP contribution in [-0.4, -0.2) is 15.0 Å². The van der Waals surface area contributed by atoms with Gasteiger partial charge in [0, 0.05) is 53.1 Å². The highest BCUT2D eigenvalue weighted by atomic mass is 32.1. The van der Waals surface area contributed by atoms with E-state index in [4.69, 9.17) is 19.4 Å². The molecule has 0 aliphatic heterocycles. The molecule has 0 amide bonds. The number of aromatic nitrogens is 3. The summed E-state index contributed by atoms with van der Waals surface area (Å²) in [6, 6.07) is 71.3. The molecular formula is C60H39N3OS. The number of rotatable bonds is 6. The van der Waals surface area contributed by atoms with Crippen molar-refractivity contribution in [1.29, 1.82) is 0 Å². The fourth-order valence-corrected chi connectivity index (χ4v) is 11.4. The van der Waals surface area contributed by atoms with E-state index >= 15 is 0 Å². The van der Waals surface area contributed by atoms with Crippen molar-refractivity contribution in [2.75, 3.05) is 0 Å². The van der Waals surface area contributed by atoms with Crippen molar-refractivity contribution >= 4 is 53.4 Å². The molecule has 4 nitrogen and oxygen atoms in total. The highest BCUT2D eigenvalue weighted by molar-refractivity contribution is 7.26. The number of benzene rings is 9. The maximum atomic E-state index is 6.59. The van der Waals surface area contributed by atoms with E-state index in [9.17, 15) is 0 Å². The van der Waals surface area contributed by atoms with Crippen LogP contribution < -0.4 is 0 Å². The maximum absolute atomic E-state index is 6.59. The summed E-state index contributed by atoms with van der Waals surface area (Å²) in [5, 5.41) is 4.42. The van der Waals surface area contributed by atoms with Crippen molar-refractivity contribution in [1.82, 2.24) is 15.0 Å². The standard InChI is InChI=1S/C60H39N3OS/c1-60(2)49-24-8-6-19-45(49)54-42(20-12-25-50(54)60)38-30-28-37(29-31-38)40-32-33-51-48(35-40)55-46(22-13-26-52(55)64-51)58-61-57(41-17-10-16-39(34-41)36-14-4-3-5-15-36)62-59(63-58)47-23-11-21-44-43-18-7-9-27-53(43)65-56(44)47/h3-35H,1-2H3. The molecule has 13 rings (SSSR count). The average molecular weight is 850 g/mol. The Morgan fingerprint density at radius 3 is 1.86 bits per heavy atom. The topological polar surface area (TPSA) is 51.8 Å². The van der Waals surface area contributed by atoms with Crippen LogP contribution in [0.1, 0.15) is 25.0 Å². The van der Waals surface area contributed by atoms with Gasteiger partial charge < -0.3 is 4.42 Å². The Labute approximate surface area is 380 Å². The van der Waals surface area contributed by atoms with Gasteiger partial charge in [0.25, 0.3) is 0 Å². The minimum Gasteiger partial charge on any atom is -0.456 e. The molecule has 1 aliphatic rings. The third kappa shape index (κ3) is 6.00. The van der Waals surface area contributed by atoms with Crippen LogP contribution in [-0.2, 0) is 5.41 Å². The van der Waals surface area contributed by atoms with Crippen molar-refractivity contribution in [3.05, 3.63) is 211 Å². The molecule has 9 aromatic carbocycles. The van der Waals surface area contributed by atoms with Gasteiger partial charge in [-0.25, -0.2) is 15.0 Å². The lowest BCUT2D eigenvalue weighted by atomic mass is 9.82. The number of fused-ring (bicyclic) bond motifs is 9. The Morgan fingerprint density at radius 1 is 0.385 bits per heavy atom. The van der Waals surface area contributed by atoms with Crippen LogP contribution in [0.4, 0.5) is 0 Å². The number of hydrogen-bond acceptors (Lipinski definition) is 5. The Morgan fingerprint density at radius 2 is 0.969 bits per heavy atom. The van der Waals surface area contributed by atoms with Gasteiger partial charge in [-0.1, -0.05) is 178 Å². The summed E-state index contributed by atoms with van der Waals surface area (Å²) in [5.74, 6) is 1.84. The molecule has 0 radical (unpaired) electrons. The molecule has 65 heavy (non-hydrogen) atoms. The van der Waals surface area contributed by atoms with Crippen molar-refractivity contribution in [2.24, 2.45) is 0 Å². The molecule has 0 N–H and O–H groups in total. The van der Waals surface area contributed by atoms with E-state index in [-0.39, 0.29) is 5.41 Å². The molecule has 0 saturated heterocycles. The molecule has 0 unspecified atom stereocenters. The quantitative estimate of drug-likeness (QED) is 0.167. The summed E-state index contributed by atoms with van der Waals surface area (Å²) < 4.78 is 8.98. The van der Waals surface area contributed by atoms with Crippen LogP contribution in [0.25, 0.3) is 121 Å². The van der Waals surface area contributed by atoms with Crippen molar-refractivity contribution < 1.29 is 4.42 Å². The van der Waals surface area contributed by atoms with E-state index in [1.54, 1.807) is 11.3 Å². The summed E-state index contributed by atoms with van der Waals surface area (Å²) in [7, 11) is 0. The molecule has 3 aromatic heterocycles. The lowest BCUT2D eigenvalue weighted by Gasteiger charge is -2.21. The lowest BCUT2D eigenvalue weighted by Crippen LogP contribution is -2.14. The molecule has 1 aliphatic carbocycles. The largest absolute Gasteiger partial charge is 0.456 e. The van der Waals surface area contributed by atoms with E-state index < -0.39 is 0 Å². The van der Waals surface area contributed by atoms with Crippen molar-refractivity contribution in [3.63, 3.8) is 0 Å². The normalized spacial score (nSPS) is 12.9.